The zero-order valence-corrected chi connectivity index (χ0v) is 10.2. The second-order valence-electron chi connectivity index (χ2n) is 3.49. The molecule has 0 bridgehead atoms. The minimum atomic E-state index is -3.91. The molecule has 0 radical (unpaired) electrons. The molecule has 1 aromatic carbocycles. The van der Waals surface area contributed by atoms with Crippen molar-refractivity contribution in [2.45, 2.75) is 4.90 Å². The molecule has 0 aliphatic carbocycles. The van der Waals surface area contributed by atoms with Crippen LogP contribution in [-0.4, -0.2) is 18.4 Å². The van der Waals surface area contributed by atoms with Gasteiger partial charge in [-0.05, 0) is 18.2 Å². The largest absolute Gasteiger partial charge is 0.276 e. The molecule has 8 heteroatoms. The summed E-state index contributed by atoms with van der Waals surface area (Å²) >= 11 is 0. The van der Waals surface area contributed by atoms with Gasteiger partial charge >= 0.3 is 0 Å². The molecule has 1 aromatic heterocycles. The zero-order valence-electron chi connectivity index (χ0n) is 9.41. The Hall–Kier alpha value is -2.53. The van der Waals surface area contributed by atoms with Crippen LogP contribution in [0.2, 0.25) is 0 Å². The highest BCUT2D eigenvalue weighted by Gasteiger charge is 2.16. The molecule has 0 unspecified atom stereocenters. The van der Waals surface area contributed by atoms with Crippen molar-refractivity contribution in [2.75, 3.05) is 4.72 Å². The lowest BCUT2D eigenvalue weighted by Crippen LogP contribution is -2.13. The number of aromatic nitrogens is 2. The summed E-state index contributed by atoms with van der Waals surface area (Å²) in [5, 5.41) is 8.67. The highest BCUT2D eigenvalue weighted by atomic mass is 32.2. The fourth-order valence-electron chi connectivity index (χ4n) is 1.32. The monoisotopic (exact) mass is 278 g/mol. The van der Waals surface area contributed by atoms with Gasteiger partial charge < -0.3 is 0 Å². The molecule has 0 amide bonds. The summed E-state index contributed by atoms with van der Waals surface area (Å²) in [6.07, 6.45) is 3.81. The molecule has 1 N–H and O–H groups in total. The summed E-state index contributed by atoms with van der Waals surface area (Å²) in [4.78, 5) is 7.11. The van der Waals surface area contributed by atoms with Crippen LogP contribution in [0, 0.1) is 17.1 Å². The van der Waals surface area contributed by atoms with Crippen molar-refractivity contribution in [1.82, 2.24) is 9.97 Å². The molecule has 2 rings (SSSR count). The second-order valence-corrected chi connectivity index (χ2v) is 5.17. The van der Waals surface area contributed by atoms with Crippen LogP contribution in [0.1, 0.15) is 5.56 Å². The van der Waals surface area contributed by atoms with E-state index in [1.807, 2.05) is 0 Å². The highest BCUT2D eigenvalue weighted by molar-refractivity contribution is 7.92. The number of hydrogen-bond donors (Lipinski definition) is 1. The van der Waals surface area contributed by atoms with E-state index in [-0.39, 0.29) is 16.1 Å². The van der Waals surface area contributed by atoms with Gasteiger partial charge in [0.15, 0.2) is 0 Å². The van der Waals surface area contributed by atoms with Crippen molar-refractivity contribution in [1.29, 1.82) is 5.26 Å². The van der Waals surface area contributed by atoms with Gasteiger partial charge in [0.1, 0.15) is 18.2 Å². The molecule has 1 heterocycles. The molecule has 0 saturated heterocycles. The van der Waals surface area contributed by atoms with Crippen molar-refractivity contribution in [3.63, 3.8) is 0 Å². The summed E-state index contributed by atoms with van der Waals surface area (Å²) in [5.74, 6) is -0.774. The first kappa shape index (κ1) is 12.9. The molecule has 0 saturated carbocycles. The first-order valence-corrected chi connectivity index (χ1v) is 6.49. The third kappa shape index (κ3) is 2.83. The highest BCUT2D eigenvalue weighted by Crippen LogP contribution is 2.17. The molecule has 0 aliphatic rings. The van der Waals surface area contributed by atoms with Gasteiger partial charge in [-0.3, -0.25) is 4.72 Å². The van der Waals surface area contributed by atoms with Gasteiger partial charge in [-0.15, -0.1) is 0 Å². The fraction of sp³-hybridized carbons (Fsp3) is 0. The van der Waals surface area contributed by atoms with E-state index in [0.29, 0.717) is 0 Å². The van der Waals surface area contributed by atoms with Crippen LogP contribution in [0.3, 0.4) is 0 Å². The molecular weight excluding hydrogens is 271 g/mol. The van der Waals surface area contributed by atoms with Crippen LogP contribution in [0.5, 0.6) is 0 Å². The van der Waals surface area contributed by atoms with E-state index in [4.69, 9.17) is 5.26 Å². The summed E-state index contributed by atoms with van der Waals surface area (Å²) in [5.41, 5.74) is -0.169. The van der Waals surface area contributed by atoms with Crippen molar-refractivity contribution in [3.05, 3.63) is 48.3 Å². The van der Waals surface area contributed by atoms with Crippen molar-refractivity contribution >= 4 is 15.7 Å². The minimum absolute atomic E-state index is 0.172. The van der Waals surface area contributed by atoms with Gasteiger partial charge in [-0.2, -0.15) is 5.26 Å². The number of hydrogen-bond acceptors (Lipinski definition) is 5. The first-order chi connectivity index (χ1) is 9.03. The van der Waals surface area contributed by atoms with E-state index >= 15 is 0 Å². The average Bonchev–Trinajstić information content (AvgIpc) is 2.39. The molecular formula is C11H7FN4O2S. The predicted molar refractivity (Wildman–Crippen MR) is 64.0 cm³/mol. The molecule has 0 fully saturated rings. The maximum Gasteiger partial charge on any atom is 0.262 e. The van der Waals surface area contributed by atoms with E-state index in [1.165, 1.54) is 18.7 Å². The molecule has 19 heavy (non-hydrogen) atoms. The second kappa shape index (κ2) is 4.99. The lowest BCUT2D eigenvalue weighted by molar-refractivity contribution is 0.599. The summed E-state index contributed by atoms with van der Waals surface area (Å²) < 4.78 is 39.3. The zero-order chi connectivity index (χ0) is 13.9. The van der Waals surface area contributed by atoms with Gasteiger partial charge in [0.2, 0.25) is 0 Å². The van der Waals surface area contributed by atoms with Gasteiger partial charge in [0, 0.05) is 0 Å². The van der Waals surface area contributed by atoms with E-state index in [0.717, 1.165) is 18.2 Å². The molecule has 0 spiro atoms. The molecule has 96 valence electrons. The topological polar surface area (TPSA) is 95.7 Å². The molecule has 2 aromatic rings. The van der Waals surface area contributed by atoms with Crippen LogP contribution in [-0.2, 0) is 10.0 Å². The van der Waals surface area contributed by atoms with Gasteiger partial charge in [0.25, 0.3) is 10.0 Å². The Bertz CT molecular complexity index is 741. The predicted octanol–water partition coefficient (Wildman–Crippen LogP) is 1.29. The van der Waals surface area contributed by atoms with E-state index in [2.05, 4.69) is 14.7 Å². The number of nitriles is 1. The Balaban J connectivity index is 2.38. The van der Waals surface area contributed by atoms with Crippen molar-refractivity contribution in [3.8, 4) is 6.07 Å². The number of benzene rings is 1. The average molecular weight is 278 g/mol. The van der Waals surface area contributed by atoms with E-state index in [9.17, 15) is 12.8 Å². The lowest BCUT2D eigenvalue weighted by Gasteiger charge is -2.07. The number of rotatable bonds is 3. The maximum atomic E-state index is 13.1. The van der Waals surface area contributed by atoms with Gasteiger partial charge in [-0.25, -0.2) is 22.8 Å². The number of anilines is 1. The number of sulfonamides is 1. The number of nitrogens with one attached hydrogen (secondary N) is 1. The Kier molecular flexibility index (Phi) is 3.39. The van der Waals surface area contributed by atoms with Crippen LogP contribution in [0.25, 0.3) is 0 Å². The lowest BCUT2D eigenvalue weighted by atomic mass is 10.2. The Morgan fingerprint density at radius 2 is 1.95 bits per heavy atom. The standard InChI is InChI=1S/C11H7FN4O2S/c12-11-2-1-10(3-8(11)4-13)19(17,18)16-9-5-14-7-15-6-9/h1-3,5-7,16H. The summed E-state index contributed by atoms with van der Waals surface area (Å²) in [7, 11) is -3.91. The SMILES string of the molecule is N#Cc1cc(S(=O)(=O)Nc2cncnc2)ccc1F. The smallest absolute Gasteiger partial charge is 0.262 e. The van der Waals surface area contributed by atoms with Crippen molar-refractivity contribution in [2.24, 2.45) is 0 Å². The van der Waals surface area contributed by atoms with E-state index < -0.39 is 15.8 Å². The van der Waals surface area contributed by atoms with Crippen LogP contribution < -0.4 is 4.72 Å². The van der Waals surface area contributed by atoms with Crippen LogP contribution >= 0.6 is 0 Å². The van der Waals surface area contributed by atoms with Crippen LogP contribution in [0.15, 0.2) is 41.8 Å². The van der Waals surface area contributed by atoms with Crippen LogP contribution in [0.4, 0.5) is 10.1 Å². The number of halogens is 1. The molecule has 0 atom stereocenters. The Labute approximate surface area is 108 Å². The van der Waals surface area contributed by atoms with Gasteiger partial charge in [0.05, 0.1) is 28.5 Å². The Morgan fingerprint density at radius 3 is 2.58 bits per heavy atom. The third-order valence-electron chi connectivity index (χ3n) is 2.18. The summed E-state index contributed by atoms with van der Waals surface area (Å²) in [6.45, 7) is 0. The maximum absolute atomic E-state index is 13.1. The normalized spacial score (nSPS) is 10.7. The quantitative estimate of drug-likeness (QED) is 0.912. The van der Waals surface area contributed by atoms with E-state index in [1.54, 1.807) is 6.07 Å². The molecule has 6 nitrogen and oxygen atoms in total. The molecule has 0 aliphatic heterocycles. The van der Waals surface area contributed by atoms with Gasteiger partial charge in [-0.1, -0.05) is 0 Å². The first-order valence-electron chi connectivity index (χ1n) is 5.00. The fourth-order valence-corrected chi connectivity index (χ4v) is 2.38. The minimum Gasteiger partial charge on any atom is -0.276 e. The third-order valence-corrected chi connectivity index (χ3v) is 3.56. The summed E-state index contributed by atoms with van der Waals surface area (Å²) in [6, 6.07) is 4.54. The number of nitrogens with zero attached hydrogens (tertiary/aromatic N) is 3. The Morgan fingerprint density at radius 1 is 1.26 bits per heavy atom. The van der Waals surface area contributed by atoms with Crippen molar-refractivity contribution < 1.29 is 12.8 Å².